The Hall–Kier alpha value is -1.88. The Morgan fingerprint density at radius 2 is 1.85 bits per heavy atom. The smallest absolute Gasteiger partial charge is 0.248 e. The van der Waals surface area contributed by atoms with E-state index in [1.807, 2.05) is 6.07 Å². The van der Waals surface area contributed by atoms with Crippen LogP contribution in [0.4, 0.5) is 0 Å². The zero-order chi connectivity index (χ0) is 14.8. The molecule has 0 spiro atoms. The molecule has 1 aromatic rings. The summed E-state index contributed by atoms with van der Waals surface area (Å²) in [5.74, 6) is -0.430. The van der Waals surface area contributed by atoms with Gasteiger partial charge < -0.3 is 16.8 Å². The van der Waals surface area contributed by atoms with Crippen molar-refractivity contribution in [3.05, 3.63) is 35.4 Å². The lowest BCUT2D eigenvalue weighted by Gasteiger charge is -2.06. The number of nitrogens with one attached hydrogen (secondary N) is 1. The van der Waals surface area contributed by atoms with Crippen molar-refractivity contribution >= 4 is 11.8 Å². The van der Waals surface area contributed by atoms with Gasteiger partial charge in [0.25, 0.3) is 0 Å². The average Bonchev–Trinajstić information content (AvgIpc) is 2.45. The number of benzene rings is 1. The van der Waals surface area contributed by atoms with Crippen LogP contribution in [0.1, 0.15) is 48.0 Å². The molecule has 0 aliphatic rings. The molecule has 0 aromatic heterocycles. The summed E-state index contributed by atoms with van der Waals surface area (Å²) in [7, 11) is 0. The van der Waals surface area contributed by atoms with Gasteiger partial charge in [-0.25, -0.2) is 0 Å². The Morgan fingerprint density at radius 1 is 1.10 bits per heavy atom. The molecule has 0 radical (unpaired) electrons. The topological polar surface area (TPSA) is 98.2 Å². The second kappa shape index (κ2) is 9.09. The minimum Gasteiger partial charge on any atom is -0.366 e. The van der Waals surface area contributed by atoms with Gasteiger partial charge in [0.05, 0.1) is 0 Å². The predicted molar refractivity (Wildman–Crippen MR) is 78.9 cm³/mol. The molecule has 0 saturated carbocycles. The van der Waals surface area contributed by atoms with Crippen molar-refractivity contribution < 1.29 is 9.59 Å². The van der Waals surface area contributed by atoms with Crippen LogP contribution >= 0.6 is 0 Å². The number of carbonyl (C=O) groups excluding carboxylic acids is 2. The highest BCUT2D eigenvalue weighted by molar-refractivity contribution is 5.92. The van der Waals surface area contributed by atoms with Crippen LogP contribution in [0.2, 0.25) is 0 Å². The van der Waals surface area contributed by atoms with Crippen molar-refractivity contribution in [3.63, 3.8) is 0 Å². The third kappa shape index (κ3) is 6.33. The average molecular weight is 277 g/mol. The normalized spacial score (nSPS) is 10.2. The maximum atomic E-state index is 11.6. The monoisotopic (exact) mass is 277 g/mol. The fraction of sp³-hybridized carbons (Fsp3) is 0.467. The van der Waals surface area contributed by atoms with E-state index in [0.29, 0.717) is 25.1 Å². The molecular weight excluding hydrogens is 254 g/mol. The summed E-state index contributed by atoms with van der Waals surface area (Å²) in [5.41, 5.74) is 11.9. The van der Waals surface area contributed by atoms with Gasteiger partial charge in [-0.15, -0.1) is 0 Å². The molecule has 1 aromatic carbocycles. The molecule has 0 heterocycles. The zero-order valence-corrected chi connectivity index (χ0v) is 11.7. The summed E-state index contributed by atoms with van der Waals surface area (Å²) < 4.78 is 0. The first-order chi connectivity index (χ1) is 9.63. The van der Waals surface area contributed by atoms with Gasteiger partial charge in [0.1, 0.15) is 0 Å². The first-order valence-corrected chi connectivity index (χ1v) is 6.99. The third-order valence-corrected chi connectivity index (χ3v) is 3.06. The minimum absolute atomic E-state index is 0.0298. The Labute approximate surface area is 119 Å². The van der Waals surface area contributed by atoms with Crippen molar-refractivity contribution in [2.24, 2.45) is 11.5 Å². The van der Waals surface area contributed by atoms with E-state index >= 15 is 0 Å². The van der Waals surface area contributed by atoms with Gasteiger partial charge in [-0.2, -0.15) is 0 Å². The zero-order valence-electron chi connectivity index (χ0n) is 11.7. The predicted octanol–water partition coefficient (Wildman–Crippen LogP) is 1.31. The Balaban J connectivity index is 2.27. The molecule has 0 aliphatic heterocycles. The fourth-order valence-electron chi connectivity index (χ4n) is 1.91. The van der Waals surface area contributed by atoms with Gasteiger partial charge in [-0.1, -0.05) is 25.0 Å². The van der Waals surface area contributed by atoms with Crippen LogP contribution in [0.3, 0.4) is 0 Å². The van der Waals surface area contributed by atoms with Crippen LogP contribution in [-0.4, -0.2) is 18.4 Å². The van der Waals surface area contributed by atoms with Crippen LogP contribution in [0.25, 0.3) is 0 Å². The summed E-state index contributed by atoms with van der Waals surface area (Å²) >= 11 is 0. The van der Waals surface area contributed by atoms with Gasteiger partial charge in [-0.05, 0) is 37.1 Å². The van der Waals surface area contributed by atoms with Crippen LogP contribution in [0.15, 0.2) is 24.3 Å². The lowest BCUT2D eigenvalue weighted by atomic mass is 10.1. The second-order valence-corrected chi connectivity index (χ2v) is 4.79. The summed E-state index contributed by atoms with van der Waals surface area (Å²) in [5, 5.41) is 2.84. The van der Waals surface area contributed by atoms with E-state index in [1.54, 1.807) is 18.2 Å². The molecule has 20 heavy (non-hydrogen) atoms. The fourth-order valence-corrected chi connectivity index (χ4v) is 1.91. The number of hydrogen-bond donors (Lipinski definition) is 3. The van der Waals surface area contributed by atoms with E-state index in [0.717, 1.165) is 31.2 Å². The molecule has 0 bridgehead atoms. The number of primary amides is 1. The van der Waals surface area contributed by atoms with Crippen LogP contribution < -0.4 is 16.8 Å². The lowest BCUT2D eigenvalue weighted by Crippen LogP contribution is -2.22. The minimum atomic E-state index is -0.460. The van der Waals surface area contributed by atoms with Crippen LogP contribution in [0, 0.1) is 0 Å². The highest BCUT2D eigenvalue weighted by Crippen LogP contribution is 2.05. The van der Waals surface area contributed by atoms with Crippen molar-refractivity contribution in [3.8, 4) is 0 Å². The molecule has 5 nitrogen and oxygen atoms in total. The summed E-state index contributed by atoms with van der Waals surface area (Å²) in [4.78, 5) is 22.7. The molecular formula is C15H23N3O2. The Kier molecular flexibility index (Phi) is 7.35. The van der Waals surface area contributed by atoms with Crippen LogP contribution in [-0.2, 0) is 11.3 Å². The summed E-state index contributed by atoms with van der Waals surface area (Å²) in [6.07, 6.45) is 4.53. The molecule has 110 valence electrons. The van der Waals surface area contributed by atoms with Gasteiger partial charge in [0.2, 0.25) is 11.8 Å². The summed E-state index contributed by atoms with van der Waals surface area (Å²) in [6.45, 7) is 1.13. The molecule has 5 heteroatoms. The van der Waals surface area contributed by atoms with E-state index in [2.05, 4.69) is 5.32 Å². The van der Waals surface area contributed by atoms with Crippen molar-refractivity contribution in [2.75, 3.05) is 6.54 Å². The largest absolute Gasteiger partial charge is 0.366 e. The quantitative estimate of drug-likeness (QED) is 0.593. The SMILES string of the molecule is NCCCCCCC(=O)NCc1cccc(C(N)=O)c1. The van der Waals surface area contributed by atoms with E-state index in [4.69, 9.17) is 11.5 Å². The molecule has 0 saturated heterocycles. The molecule has 0 fully saturated rings. The first-order valence-electron chi connectivity index (χ1n) is 6.99. The second-order valence-electron chi connectivity index (χ2n) is 4.79. The highest BCUT2D eigenvalue weighted by atomic mass is 16.1. The molecule has 1 rings (SSSR count). The van der Waals surface area contributed by atoms with E-state index in [-0.39, 0.29) is 5.91 Å². The van der Waals surface area contributed by atoms with Crippen molar-refractivity contribution in [1.82, 2.24) is 5.32 Å². The van der Waals surface area contributed by atoms with E-state index in [9.17, 15) is 9.59 Å². The number of carbonyl (C=O) groups is 2. The van der Waals surface area contributed by atoms with Gasteiger partial charge in [0, 0.05) is 18.5 Å². The lowest BCUT2D eigenvalue weighted by molar-refractivity contribution is -0.121. The Morgan fingerprint density at radius 3 is 2.55 bits per heavy atom. The van der Waals surface area contributed by atoms with Crippen molar-refractivity contribution in [1.29, 1.82) is 0 Å². The molecule has 0 atom stereocenters. The van der Waals surface area contributed by atoms with E-state index < -0.39 is 5.91 Å². The van der Waals surface area contributed by atoms with Gasteiger partial charge in [-0.3, -0.25) is 9.59 Å². The number of rotatable bonds is 9. The Bertz CT molecular complexity index is 446. The maximum absolute atomic E-state index is 11.6. The van der Waals surface area contributed by atoms with Crippen molar-refractivity contribution in [2.45, 2.75) is 38.6 Å². The molecule has 5 N–H and O–H groups in total. The maximum Gasteiger partial charge on any atom is 0.248 e. The highest BCUT2D eigenvalue weighted by Gasteiger charge is 2.04. The third-order valence-electron chi connectivity index (χ3n) is 3.06. The number of unbranched alkanes of at least 4 members (excludes halogenated alkanes) is 3. The first kappa shape index (κ1) is 16.2. The van der Waals surface area contributed by atoms with Crippen LogP contribution in [0.5, 0.6) is 0 Å². The van der Waals surface area contributed by atoms with Gasteiger partial charge >= 0.3 is 0 Å². The number of hydrogen-bond acceptors (Lipinski definition) is 3. The molecule has 0 aliphatic carbocycles. The van der Waals surface area contributed by atoms with E-state index in [1.165, 1.54) is 0 Å². The number of nitrogens with two attached hydrogens (primary N) is 2. The standard InChI is InChI=1S/C15H23N3O2/c16-9-4-2-1-3-8-14(19)18-11-12-6-5-7-13(10-12)15(17)20/h5-7,10H,1-4,8-9,11,16H2,(H2,17,20)(H,18,19). The number of amides is 2. The molecule has 2 amide bonds. The molecule has 0 unspecified atom stereocenters. The van der Waals surface area contributed by atoms with Gasteiger partial charge in [0.15, 0.2) is 0 Å². The summed E-state index contributed by atoms with van der Waals surface area (Å²) in [6, 6.07) is 6.97.